The maximum absolute atomic E-state index is 12.5. The first-order valence-electron chi connectivity index (χ1n) is 8.68. The van der Waals surface area contributed by atoms with Crippen molar-refractivity contribution < 1.29 is 4.79 Å². The molecule has 3 nitrogen and oxygen atoms in total. The Morgan fingerprint density at radius 1 is 1.35 bits per heavy atom. The summed E-state index contributed by atoms with van der Waals surface area (Å²) in [6.07, 6.45) is 5.62. The van der Waals surface area contributed by atoms with Gasteiger partial charge in [0.15, 0.2) is 5.78 Å². The van der Waals surface area contributed by atoms with Crippen LogP contribution in [0.1, 0.15) is 58.1 Å². The number of nitrogens with zero attached hydrogens (tertiary/aromatic N) is 2. The van der Waals surface area contributed by atoms with Crippen LogP contribution >= 0.6 is 0 Å². The number of carbonyl (C=O) groups is 1. The summed E-state index contributed by atoms with van der Waals surface area (Å²) in [6.45, 7) is 6.08. The van der Waals surface area contributed by atoms with Crippen LogP contribution in [0.15, 0.2) is 47.1 Å². The van der Waals surface area contributed by atoms with E-state index in [0.29, 0.717) is 11.7 Å². The van der Waals surface area contributed by atoms with Crippen molar-refractivity contribution in [1.82, 2.24) is 4.90 Å². The number of carbonyl (C=O) groups excluding carboxylic acids is 1. The minimum absolute atomic E-state index is 0.0359. The second kappa shape index (κ2) is 8.09. The van der Waals surface area contributed by atoms with Crippen molar-refractivity contribution in [3.05, 3.63) is 47.7 Å². The maximum Gasteiger partial charge on any atom is 0.183 e. The van der Waals surface area contributed by atoms with Crippen molar-refractivity contribution in [1.29, 1.82) is 0 Å². The summed E-state index contributed by atoms with van der Waals surface area (Å²) in [4.78, 5) is 19.5. The van der Waals surface area contributed by atoms with Gasteiger partial charge in [0.2, 0.25) is 0 Å². The number of rotatable bonds is 6. The molecule has 0 aliphatic carbocycles. The van der Waals surface area contributed by atoms with Gasteiger partial charge < -0.3 is 4.90 Å². The van der Waals surface area contributed by atoms with Crippen LogP contribution in [-0.2, 0) is 4.79 Å². The van der Waals surface area contributed by atoms with Crippen molar-refractivity contribution in [2.45, 2.75) is 52.5 Å². The zero-order valence-corrected chi connectivity index (χ0v) is 14.7. The van der Waals surface area contributed by atoms with Crippen LogP contribution < -0.4 is 0 Å². The van der Waals surface area contributed by atoms with E-state index in [1.165, 1.54) is 5.56 Å². The van der Waals surface area contributed by atoms with Gasteiger partial charge in [0.05, 0.1) is 6.04 Å². The van der Waals surface area contributed by atoms with Gasteiger partial charge in [0.1, 0.15) is 11.5 Å². The standard InChI is InChI=1S/C20H28N2O/c1-5-10-17(20(23)15(3)6-2)21-19-14-13-18(22(19)4)16-11-8-7-9-12-16/h7-12,15,18H,5-6,13-14H2,1-4H3/b17-10+,21-19?. The molecular formula is C20H28N2O. The van der Waals surface area contributed by atoms with Gasteiger partial charge in [-0.05, 0) is 24.8 Å². The molecule has 23 heavy (non-hydrogen) atoms. The second-order valence-electron chi connectivity index (χ2n) is 6.28. The predicted octanol–water partition coefficient (Wildman–Crippen LogP) is 4.76. The lowest BCUT2D eigenvalue weighted by molar-refractivity contribution is -0.118. The van der Waals surface area contributed by atoms with Crippen LogP contribution in [0.3, 0.4) is 0 Å². The number of benzene rings is 1. The Balaban J connectivity index is 2.21. The monoisotopic (exact) mass is 312 g/mol. The Bertz CT molecular complexity index is 589. The van der Waals surface area contributed by atoms with E-state index in [9.17, 15) is 4.79 Å². The average molecular weight is 312 g/mol. The first kappa shape index (κ1) is 17.5. The average Bonchev–Trinajstić information content (AvgIpc) is 2.94. The van der Waals surface area contributed by atoms with E-state index in [1.807, 2.05) is 26.0 Å². The molecule has 2 rings (SSSR count). The number of ketones is 1. The number of Topliss-reactive ketones (excluding diaryl/α,β-unsaturated/α-hetero) is 1. The molecule has 1 heterocycles. The van der Waals surface area contributed by atoms with E-state index in [2.05, 4.69) is 43.1 Å². The van der Waals surface area contributed by atoms with Gasteiger partial charge in [-0.3, -0.25) is 4.79 Å². The molecule has 0 spiro atoms. The van der Waals surface area contributed by atoms with Crippen LogP contribution in [0.4, 0.5) is 0 Å². The molecule has 0 bridgehead atoms. The van der Waals surface area contributed by atoms with Crippen LogP contribution in [0.5, 0.6) is 0 Å². The molecule has 1 fully saturated rings. The molecule has 124 valence electrons. The minimum atomic E-state index is 0.0359. The molecule has 0 radical (unpaired) electrons. The van der Waals surface area contributed by atoms with E-state index in [1.54, 1.807) is 0 Å². The third-order valence-electron chi connectivity index (χ3n) is 4.66. The SMILES string of the molecule is CC/C=C(/N=C1CCC(c2ccccc2)N1C)C(=O)C(C)CC. The summed E-state index contributed by atoms with van der Waals surface area (Å²) < 4.78 is 0. The highest BCUT2D eigenvalue weighted by Gasteiger charge is 2.28. The highest BCUT2D eigenvalue weighted by molar-refractivity contribution is 5.99. The smallest absolute Gasteiger partial charge is 0.183 e. The second-order valence-corrected chi connectivity index (χ2v) is 6.28. The Morgan fingerprint density at radius 3 is 2.65 bits per heavy atom. The summed E-state index contributed by atoms with van der Waals surface area (Å²) in [6, 6.07) is 10.9. The van der Waals surface area contributed by atoms with Crippen LogP contribution in [0.2, 0.25) is 0 Å². The molecule has 0 N–H and O–H groups in total. The van der Waals surface area contributed by atoms with Crippen molar-refractivity contribution >= 4 is 11.6 Å². The lowest BCUT2D eigenvalue weighted by atomic mass is 10.0. The summed E-state index contributed by atoms with van der Waals surface area (Å²) in [7, 11) is 2.08. The molecule has 3 heteroatoms. The molecule has 1 aliphatic rings. The van der Waals surface area contributed by atoms with Crippen LogP contribution in [-0.4, -0.2) is 23.6 Å². The zero-order valence-electron chi connectivity index (χ0n) is 14.7. The van der Waals surface area contributed by atoms with Crippen molar-refractivity contribution in [2.75, 3.05) is 7.05 Å². The lowest BCUT2D eigenvalue weighted by Gasteiger charge is -2.22. The Kier molecular flexibility index (Phi) is 6.14. The molecule has 1 saturated heterocycles. The van der Waals surface area contributed by atoms with Gasteiger partial charge in [-0.15, -0.1) is 0 Å². The molecule has 1 aromatic carbocycles. The third kappa shape index (κ3) is 4.10. The highest BCUT2D eigenvalue weighted by Crippen LogP contribution is 2.32. The fourth-order valence-electron chi connectivity index (χ4n) is 2.99. The number of hydrogen-bond acceptors (Lipinski definition) is 2. The summed E-state index contributed by atoms with van der Waals surface area (Å²) in [5.41, 5.74) is 1.95. The van der Waals surface area contributed by atoms with E-state index in [4.69, 9.17) is 4.99 Å². The van der Waals surface area contributed by atoms with Crippen molar-refractivity contribution in [3.63, 3.8) is 0 Å². The van der Waals surface area contributed by atoms with E-state index < -0.39 is 0 Å². The van der Waals surface area contributed by atoms with E-state index >= 15 is 0 Å². The summed E-state index contributed by atoms with van der Waals surface area (Å²) in [5, 5.41) is 0. The normalized spacial score (nSPS) is 21.7. The molecule has 2 unspecified atom stereocenters. The van der Waals surface area contributed by atoms with Crippen LogP contribution in [0.25, 0.3) is 0 Å². The van der Waals surface area contributed by atoms with Gasteiger partial charge in [0, 0.05) is 19.4 Å². The maximum atomic E-state index is 12.5. The Hall–Kier alpha value is -1.90. The first-order valence-corrected chi connectivity index (χ1v) is 8.68. The fraction of sp³-hybridized carbons (Fsp3) is 0.500. The van der Waals surface area contributed by atoms with Gasteiger partial charge in [0.25, 0.3) is 0 Å². The zero-order chi connectivity index (χ0) is 16.8. The number of likely N-dealkylation sites (tertiary alicyclic amines) is 1. The molecule has 1 aliphatic heterocycles. The van der Waals surface area contributed by atoms with Gasteiger partial charge in [-0.25, -0.2) is 4.99 Å². The van der Waals surface area contributed by atoms with Gasteiger partial charge in [-0.1, -0.05) is 57.2 Å². The molecule has 0 amide bonds. The van der Waals surface area contributed by atoms with Gasteiger partial charge in [-0.2, -0.15) is 0 Å². The fourth-order valence-corrected chi connectivity index (χ4v) is 2.99. The Labute approximate surface area is 140 Å². The van der Waals surface area contributed by atoms with Crippen LogP contribution in [0, 0.1) is 5.92 Å². The minimum Gasteiger partial charge on any atom is -0.356 e. The quantitative estimate of drug-likeness (QED) is 0.709. The third-order valence-corrected chi connectivity index (χ3v) is 4.66. The molecule has 0 aromatic heterocycles. The molecule has 1 aromatic rings. The summed E-state index contributed by atoms with van der Waals surface area (Å²) >= 11 is 0. The lowest BCUT2D eigenvalue weighted by Crippen LogP contribution is -2.24. The summed E-state index contributed by atoms with van der Waals surface area (Å²) in [5.74, 6) is 1.22. The van der Waals surface area contributed by atoms with Crippen molar-refractivity contribution in [3.8, 4) is 0 Å². The topological polar surface area (TPSA) is 32.7 Å². The van der Waals surface area contributed by atoms with Gasteiger partial charge >= 0.3 is 0 Å². The van der Waals surface area contributed by atoms with Crippen molar-refractivity contribution in [2.24, 2.45) is 10.9 Å². The van der Waals surface area contributed by atoms with E-state index in [0.717, 1.165) is 31.5 Å². The number of allylic oxidation sites excluding steroid dienone is 2. The largest absolute Gasteiger partial charge is 0.356 e. The number of amidine groups is 1. The highest BCUT2D eigenvalue weighted by atomic mass is 16.1. The number of hydrogen-bond donors (Lipinski definition) is 0. The Morgan fingerprint density at radius 2 is 2.04 bits per heavy atom. The first-order chi connectivity index (χ1) is 11.1. The molecule has 0 saturated carbocycles. The van der Waals surface area contributed by atoms with E-state index in [-0.39, 0.29) is 11.7 Å². The molecular weight excluding hydrogens is 284 g/mol. The molecule has 2 atom stereocenters. The predicted molar refractivity (Wildman–Crippen MR) is 96.5 cm³/mol. The number of aliphatic imine (C=N–C) groups is 1.